The first-order valence-corrected chi connectivity index (χ1v) is 8.13. The van der Waals surface area contributed by atoms with E-state index in [1.54, 1.807) is 24.3 Å². The number of rotatable bonds is 8. The van der Waals surface area contributed by atoms with E-state index in [1.165, 1.54) is 17.3 Å². The lowest BCUT2D eigenvalue weighted by molar-refractivity contribution is -0.307. The van der Waals surface area contributed by atoms with Crippen molar-refractivity contribution < 1.29 is 19.4 Å². The number of ether oxygens (including phenoxy) is 1. The highest BCUT2D eigenvalue weighted by atomic mass is 32.2. The van der Waals surface area contributed by atoms with E-state index in [4.69, 9.17) is 4.74 Å². The number of carboxylic acid groups (broad SMARTS) is 1. The predicted molar refractivity (Wildman–Crippen MR) is 88.2 cm³/mol. The topological polar surface area (TPSA) is 78.5 Å². The summed E-state index contributed by atoms with van der Waals surface area (Å²) in [5.41, 5.74) is 1.82. The van der Waals surface area contributed by atoms with Gasteiger partial charge in [0.1, 0.15) is 12.4 Å². The molecule has 0 saturated heterocycles. The van der Waals surface area contributed by atoms with E-state index in [0.717, 1.165) is 5.75 Å². The molecule has 5 nitrogen and oxygen atoms in total. The van der Waals surface area contributed by atoms with Crippen LogP contribution in [0.1, 0.15) is 5.56 Å². The molecule has 0 bridgehead atoms. The molecular weight excluding hydrogens is 314 g/mol. The van der Waals surface area contributed by atoms with Crippen LogP contribution in [0.4, 0.5) is 5.69 Å². The number of anilines is 1. The third kappa shape index (κ3) is 6.44. The zero-order valence-electron chi connectivity index (χ0n) is 12.4. The number of thioether (sulfide) groups is 1. The van der Waals surface area contributed by atoms with Gasteiger partial charge in [-0.05, 0) is 29.8 Å². The Morgan fingerprint density at radius 3 is 2.39 bits per heavy atom. The molecule has 1 N–H and O–H groups in total. The molecule has 6 heteroatoms. The smallest absolute Gasteiger partial charge is 0.234 e. The summed E-state index contributed by atoms with van der Waals surface area (Å²) in [5, 5.41) is 13.1. The van der Waals surface area contributed by atoms with Gasteiger partial charge in [0.05, 0.1) is 11.7 Å². The number of aliphatic carboxylic acids is 1. The van der Waals surface area contributed by atoms with Crippen LogP contribution in [0.5, 0.6) is 5.75 Å². The van der Waals surface area contributed by atoms with E-state index in [2.05, 4.69) is 5.32 Å². The van der Waals surface area contributed by atoms with Crippen molar-refractivity contribution in [3.63, 3.8) is 0 Å². The van der Waals surface area contributed by atoms with Gasteiger partial charge in [0, 0.05) is 11.4 Å². The normalized spacial score (nSPS) is 10.1. The molecule has 120 valence electrons. The second kappa shape index (κ2) is 8.85. The molecule has 0 aliphatic carbocycles. The molecular formula is C17H16NO4S-. The minimum absolute atomic E-state index is 0.0886. The number of carbonyl (C=O) groups excluding carboxylic acids is 2. The number of carboxylic acids is 1. The van der Waals surface area contributed by atoms with Gasteiger partial charge in [0.25, 0.3) is 0 Å². The van der Waals surface area contributed by atoms with Crippen LogP contribution in [-0.4, -0.2) is 24.2 Å². The van der Waals surface area contributed by atoms with Crippen LogP contribution in [0.3, 0.4) is 0 Å². The summed E-state index contributed by atoms with van der Waals surface area (Å²) in [6.45, 7) is -0.498. The third-order valence-electron chi connectivity index (χ3n) is 2.84. The number of hydrogen-bond donors (Lipinski definition) is 1. The van der Waals surface area contributed by atoms with Crippen molar-refractivity contribution in [3.8, 4) is 5.75 Å². The molecule has 2 rings (SSSR count). The summed E-state index contributed by atoms with van der Waals surface area (Å²) in [6, 6.07) is 16.5. The molecule has 2 aromatic carbocycles. The first-order chi connectivity index (χ1) is 11.1. The number of benzene rings is 2. The standard InChI is InChI=1S/C17H17NO4S/c19-16(12-23-11-13-4-2-1-3-5-13)18-14-6-8-15(9-7-14)22-10-17(20)21/h1-9H,10-12H2,(H,18,19)(H,20,21)/p-1. The van der Waals surface area contributed by atoms with Gasteiger partial charge < -0.3 is 20.0 Å². The minimum Gasteiger partial charge on any atom is -0.546 e. The van der Waals surface area contributed by atoms with Crippen molar-refractivity contribution in [1.82, 2.24) is 0 Å². The van der Waals surface area contributed by atoms with Gasteiger partial charge in [0.15, 0.2) is 0 Å². The Bertz CT molecular complexity index is 643. The van der Waals surface area contributed by atoms with Crippen LogP contribution in [-0.2, 0) is 15.3 Å². The van der Waals surface area contributed by atoms with Crippen molar-refractivity contribution in [2.24, 2.45) is 0 Å². The predicted octanol–water partition coefficient (Wildman–Crippen LogP) is 1.69. The van der Waals surface area contributed by atoms with Crippen LogP contribution >= 0.6 is 11.8 Å². The molecule has 0 heterocycles. The second-order valence-corrected chi connectivity index (χ2v) is 5.70. The van der Waals surface area contributed by atoms with Crippen LogP contribution in [0.25, 0.3) is 0 Å². The quantitative estimate of drug-likeness (QED) is 0.797. The first-order valence-electron chi connectivity index (χ1n) is 6.98. The molecule has 0 atom stereocenters. The molecule has 0 aliphatic heterocycles. The summed E-state index contributed by atoms with van der Waals surface area (Å²) in [6.07, 6.45) is 0. The fourth-order valence-corrected chi connectivity index (χ4v) is 2.60. The summed E-state index contributed by atoms with van der Waals surface area (Å²) >= 11 is 1.54. The van der Waals surface area contributed by atoms with Gasteiger partial charge in [-0.2, -0.15) is 0 Å². The SMILES string of the molecule is O=C([O-])COc1ccc(NC(=O)CSCc2ccccc2)cc1. The van der Waals surface area contributed by atoms with Crippen molar-refractivity contribution in [1.29, 1.82) is 0 Å². The zero-order chi connectivity index (χ0) is 16.5. The van der Waals surface area contributed by atoms with Crippen molar-refractivity contribution >= 4 is 29.3 Å². The van der Waals surface area contributed by atoms with Crippen LogP contribution in [0.2, 0.25) is 0 Å². The van der Waals surface area contributed by atoms with Crippen molar-refractivity contribution in [2.75, 3.05) is 17.7 Å². The molecule has 0 unspecified atom stereocenters. The largest absolute Gasteiger partial charge is 0.546 e. The van der Waals surface area contributed by atoms with Gasteiger partial charge in [-0.3, -0.25) is 4.79 Å². The Labute approximate surface area is 138 Å². The Balaban J connectivity index is 1.73. The molecule has 23 heavy (non-hydrogen) atoms. The highest BCUT2D eigenvalue weighted by Crippen LogP contribution is 2.17. The maximum atomic E-state index is 11.9. The van der Waals surface area contributed by atoms with Crippen LogP contribution in [0.15, 0.2) is 54.6 Å². The maximum Gasteiger partial charge on any atom is 0.234 e. The number of hydrogen-bond acceptors (Lipinski definition) is 5. The Hall–Kier alpha value is -2.47. The number of nitrogens with one attached hydrogen (secondary N) is 1. The second-order valence-electron chi connectivity index (χ2n) is 4.71. The monoisotopic (exact) mass is 330 g/mol. The molecule has 2 aromatic rings. The maximum absolute atomic E-state index is 11.9. The number of amides is 1. The lowest BCUT2D eigenvalue weighted by Crippen LogP contribution is -2.28. The van der Waals surface area contributed by atoms with Gasteiger partial charge in [0.2, 0.25) is 5.91 Å². The number of carbonyl (C=O) groups is 2. The van der Waals surface area contributed by atoms with Gasteiger partial charge in [-0.1, -0.05) is 30.3 Å². The average Bonchev–Trinajstić information content (AvgIpc) is 2.55. The zero-order valence-corrected chi connectivity index (χ0v) is 13.2. The molecule has 1 amide bonds. The van der Waals surface area contributed by atoms with E-state index in [9.17, 15) is 14.7 Å². The molecule has 0 aromatic heterocycles. The van der Waals surface area contributed by atoms with Gasteiger partial charge in [-0.15, -0.1) is 11.8 Å². The van der Waals surface area contributed by atoms with Crippen LogP contribution in [0, 0.1) is 0 Å². The highest BCUT2D eigenvalue weighted by Gasteiger charge is 2.03. The van der Waals surface area contributed by atoms with Crippen molar-refractivity contribution in [2.45, 2.75) is 5.75 Å². The lowest BCUT2D eigenvalue weighted by atomic mass is 10.2. The molecule has 0 radical (unpaired) electrons. The summed E-state index contributed by atoms with van der Waals surface area (Å²) in [7, 11) is 0. The summed E-state index contributed by atoms with van der Waals surface area (Å²) < 4.78 is 4.96. The molecule has 0 aliphatic rings. The first kappa shape index (κ1) is 16.9. The van der Waals surface area contributed by atoms with E-state index < -0.39 is 12.6 Å². The van der Waals surface area contributed by atoms with E-state index in [0.29, 0.717) is 17.2 Å². The Kier molecular flexibility index (Phi) is 6.50. The summed E-state index contributed by atoms with van der Waals surface area (Å²) in [4.78, 5) is 22.1. The van der Waals surface area contributed by atoms with E-state index in [-0.39, 0.29) is 5.91 Å². The van der Waals surface area contributed by atoms with E-state index >= 15 is 0 Å². The molecule has 0 fully saturated rings. The average molecular weight is 330 g/mol. The lowest BCUT2D eigenvalue weighted by Gasteiger charge is -2.08. The molecule has 0 spiro atoms. The Morgan fingerprint density at radius 2 is 1.74 bits per heavy atom. The third-order valence-corrected chi connectivity index (χ3v) is 3.84. The van der Waals surface area contributed by atoms with E-state index in [1.807, 2.05) is 30.3 Å². The fourth-order valence-electron chi connectivity index (χ4n) is 1.81. The van der Waals surface area contributed by atoms with Gasteiger partial charge in [-0.25, -0.2) is 0 Å². The highest BCUT2D eigenvalue weighted by molar-refractivity contribution is 7.99. The fraction of sp³-hybridized carbons (Fsp3) is 0.176. The van der Waals surface area contributed by atoms with Crippen LogP contribution < -0.4 is 15.2 Å². The van der Waals surface area contributed by atoms with Crippen molar-refractivity contribution in [3.05, 3.63) is 60.2 Å². The van der Waals surface area contributed by atoms with Gasteiger partial charge >= 0.3 is 0 Å². The molecule has 0 saturated carbocycles. The Morgan fingerprint density at radius 1 is 1.04 bits per heavy atom. The summed E-state index contributed by atoms with van der Waals surface area (Å²) in [5.74, 6) is 0.181. The minimum atomic E-state index is -1.28.